The predicted octanol–water partition coefficient (Wildman–Crippen LogP) is 17.9. The molecule has 0 radical (unpaired) electrons. The molecule has 10 heterocycles. The summed E-state index contributed by atoms with van der Waals surface area (Å²) in [6.45, 7) is 31.0. The number of nitrogens with zero attached hydrogens (tertiary/aromatic N) is 4. The van der Waals surface area contributed by atoms with Gasteiger partial charge in [-0.25, -0.2) is 17.6 Å². The van der Waals surface area contributed by atoms with Crippen LogP contribution < -0.4 is 50.1 Å². The van der Waals surface area contributed by atoms with Crippen LogP contribution in [0.1, 0.15) is 257 Å². The zero-order chi connectivity index (χ0) is 91.4. The molecule has 28 heteroatoms. The predicted molar refractivity (Wildman–Crippen MR) is 468 cm³/mol. The number of fused-ring (bicyclic) bond motifs is 24. The molecule has 6 aliphatic heterocycles. The van der Waals surface area contributed by atoms with Gasteiger partial charge in [-0.05, 0) is 160 Å². The molecule has 0 amide bonds. The Morgan fingerprint density at radius 1 is 0.357 bits per heavy atom. The number of Topliss-reactive ketones (excluding diaryl/α,β-unsaturated/α-hetero) is 4. The van der Waals surface area contributed by atoms with Gasteiger partial charge in [-0.15, -0.1) is 0 Å². The second-order valence-corrected chi connectivity index (χ2v) is 36.8. The van der Waals surface area contributed by atoms with E-state index in [1.807, 2.05) is 87.1 Å². The molecule has 8 aromatic rings. The van der Waals surface area contributed by atoms with Crippen molar-refractivity contribution in [1.29, 1.82) is 0 Å². The van der Waals surface area contributed by atoms with Gasteiger partial charge in [0.1, 0.15) is 23.7 Å². The zero-order valence-electron chi connectivity index (χ0n) is 75.7. The normalized spacial score (nSPS) is 20.5. The summed E-state index contributed by atoms with van der Waals surface area (Å²) in [6, 6.07) is 14.2. The van der Waals surface area contributed by atoms with E-state index in [0.29, 0.717) is 123 Å². The van der Waals surface area contributed by atoms with E-state index in [2.05, 4.69) is 27.7 Å². The lowest BCUT2D eigenvalue weighted by Crippen LogP contribution is -2.34. The topological polar surface area (TPSA) is 267 Å². The van der Waals surface area contributed by atoms with Crippen LogP contribution in [-0.2, 0) is 28.4 Å². The largest absolute Gasteiger partial charge is 0.493 e. The van der Waals surface area contributed by atoms with E-state index >= 15 is 17.6 Å². The van der Waals surface area contributed by atoms with Gasteiger partial charge in [0.15, 0.2) is 69.4 Å². The Morgan fingerprint density at radius 2 is 0.619 bits per heavy atom. The highest BCUT2D eigenvalue weighted by Gasteiger charge is 2.54. The van der Waals surface area contributed by atoms with Crippen molar-refractivity contribution in [2.45, 2.75) is 197 Å². The van der Waals surface area contributed by atoms with Crippen LogP contribution in [0.3, 0.4) is 0 Å². The summed E-state index contributed by atoms with van der Waals surface area (Å²) < 4.78 is 137. The summed E-state index contributed by atoms with van der Waals surface area (Å²) in [5.74, 6) is -1.55. The van der Waals surface area contributed by atoms with Crippen molar-refractivity contribution >= 4 is 23.1 Å². The Kier molecular flexibility index (Phi) is 27.5. The van der Waals surface area contributed by atoms with Crippen LogP contribution in [0.2, 0.25) is 0 Å². The summed E-state index contributed by atoms with van der Waals surface area (Å²) in [6.07, 6.45) is 12.2. The van der Waals surface area contributed by atoms with Gasteiger partial charge >= 0.3 is 0 Å². The lowest BCUT2D eigenvalue weighted by Gasteiger charge is -2.40. The second kappa shape index (κ2) is 37.1. The van der Waals surface area contributed by atoms with Gasteiger partial charge in [-0.1, -0.05) is 55.4 Å². The minimum Gasteiger partial charge on any atom is -0.493 e. The number of pyridine rings is 4. The highest BCUT2D eigenvalue weighted by atomic mass is 19.1. The minimum absolute atomic E-state index is 0.0760. The number of ether oxygens (including phenoxy) is 12. The molecule has 0 bridgehead atoms. The van der Waals surface area contributed by atoms with Crippen molar-refractivity contribution < 1.29 is 93.6 Å². The number of carbonyl (C=O) groups is 4. The third-order valence-corrected chi connectivity index (χ3v) is 26.2. The van der Waals surface area contributed by atoms with Crippen molar-refractivity contribution in [1.82, 2.24) is 18.3 Å². The summed E-state index contributed by atoms with van der Waals surface area (Å²) in [5, 5.41) is 0. The Labute approximate surface area is 731 Å². The minimum atomic E-state index is -0.900. The Morgan fingerprint density at radius 3 is 0.889 bits per heavy atom. The highest BCUT2D eigenvalue weighted by molar-refractivity contribution is 5.96. The standard InChI is InChI=1S/2C25H30FNO5.2C24H28FNO5/c2*1-14(28)18-13-27-22(21(26)23(18)29)17-12-19(31-5)20(32-10-6-9-30-4)11-16(17)15-7-8-25(2,3)24(15)27;2*1-13-9-15-16(10-18(13)30-8-6-7-29-5)22-23(24(3,4)12-31-22)26-11-17(14(2)27)21(28)19(25)20(15)26/h2*11-13,15,24H,6-10H2,1-5H3;2*9-11,22-23H,6-8,12H2,1-5H3/t2*15-,24+;2*22-,23?/m1010/s1. The van der Waals surface area contributed by atoms with E-state index < -0.39 is 68.1 Å². The molecule has 0 spiro atoms. The van der Waals surface area contributed by atoms with Crippen LogP contribution in [0.15, 0.2) is 92.5 Å². The number of aromatic nitrogens is 4. The van der Waals surface area contributed by atoms with Crippen molar-refractivity contribution in [2.24, 2.45) is 21.7 Å². The third kappa shape index (κ3) is 17.2. The number of rotatable bonds is 26. The quantitative estimate of drug-likeness (QED) is 0.0277. The monoisotopic (exact) mass is 1740 g/mol. The van der Waals surface area contributed by atoms with Gasteiger partial charge in [-0.3, -0.25) is 38.4 Å². The summed E-state index contributed by atoms with van der Waals surface area (Å²) in [4.78, 5) is 98.8. The number of aryl methyl sites for hydroxylation is 2. The van der Waals surface area contributed by atoms with Gasteiger partial charge in [0.25, 0.3) is 0 Å². The Bertz CT molecular complexity index is 5500. The molecule has 24 nitrogen and oxygen atoms in total. The summed E-state index contributed by atoms with van der Waals surface area (Å²) >= 11 is 0. The summed E-state index contributed by atoms with van der Waals surface area (Å²) in [5.41, 5.74) is 3.63. The van der Waals surface area contributed by atoms with Crippen LogP contribution >= 0.6 is 0 Å². The number of methoxy groups -OCH3 is 6. The van der Waals surface area contributed by atoms with Gasteiger partial charge in [0, 0.05) is 162 Å². The van der Waals surface area contributed by atoms with Crippen molar-refractivity contribution in [3.8, 4) is 79.5 Å². The molecule has 4 aromatic heterocycles. The molecule has 8 atom stereocenters. The SMILES string of the molecule is COCCCOc1cc2c(cc1C)-c1c(F)c(=O)c(C(C)=O)cn1C1[C@@H]2OCC1(C)C.COCCCOc1cc2c(cc1C)-c1c(F)c(=O)c(C(C)=O)cn1C1[C@H]2OCC1(C)C.COCCCOc1cc2c(cc1OC)-c1c(F)c(=O)c(C(C)=O)cn1[C@@H]1[C@H]2CCC1(C)C.COCCCOc1cc2c(cc1OC)-c1c(F)c(=O)c(C(C)=O)cn1[C@H]1[C@@H]2CCC1(C)C. The van der Waals surface area contributed by atoms with Gasteiger partial charge in [-0.2, -0.15) is 0 Å². The number of carbonyl (C=O) groups excluding carboxylic acids is 4. The lowest BCUT2D eigenvalue weighted by atomic mass is 9.77. The molecule has 4 aromatic carbocycles. The fourth-order valence-electron chi connectivity index (χ4n) is 20.1. The number of hydrogen-bond donors (Lipinski definition) is 0. The first-order chi connectivity index (χ1) is 59.8. The van der Waals surface area contributed by atoms with Crippen molar-refractivity contribution in [3.63, 3.8) is 0 Å². The Balaban J connectivity index is 0.000000144. The van der Waals surface area contributed by atoms with Gasteiger partial charge in [0.2, 0.25) is 21.7 Å². The first-order valence-corrected chi connectivity index (χ1v) is 43.0. The molecule has 0 N–H and O–H groups in total. The van der Waals surface area contributed by atoms with E-state index in [9.17, 15) is 38.4 Å². The molecule has 2 unspecified atom stereocenters. The molecule has 16 rings (SSSR count). The number of ketones is 4. The number of benzene rings is 4. The number of halogens is 4. The fourth-order valence-corrected chi connectivity index (χ4v) is 20.1. The van der Waals surface area contributed by atoms with Crippen LogP contribution in [0.5, 0.6) is 34.5 Å². The maximum absolute atomic E-state index is 15.5. The molecule has 4 fully saturated rings. The van der Waals surface area contributed by atoms with Crippen molar-refractivity contribution in [2.75, 3.05) is 109 Å². The van der Waals surface area contributed by atoms with Crippen LogP contribution in [0.25, 0.3) is 45.0 Å². The molecule has 126 heavy (non-hydrogen) atoms. The second-order valence-electron chi connectivity index (χ2n) is 36.8. The molecule has 2 saturated carbocycles. The van der Waals surface area contributed by atoms with E-state index in [-0.39, 0.29) is 115 Å². The molecule has 8 aliphatic rings. The molecule has 676 valence electrons. The molecule has 2 aliphatic carbocycles. The third-order valence-electron chi connectivity index (χ3n) is 26.2. The van der Waals surface area contributed by atoms with E-state index in [1.54, 1.807) is 62.1 Å². The lowest BCUT2D eigenvalue weighted by molar-refractivity contribution is 0.0881. The van der Waals surface area contributed by atoms with Crippen LogP contribution in [0.4, 0.5) is 17.6 Å². The van der Waals surface area contributed by atoms with E-state index in [4.69, 9.17) is 56.8 Å². The number of hydrogen-bond acceptors (Lipinski definition) is 20. The Hall–Kier alpha value is -10.4. The smallest absolute Gasteiger partial charge is 0.228 e. The highest BCUT2D eigenvalue weighted by Crippen LogP contribution is 2.64. The first kappa shape index (κ1) is 93.3. The molecular weight excluding hydrogens is 1630 g/mol. The average molecular weight is 1750 g/mol. The maximum atomic E-state index is 15.5. The molecular formula is C98H116F4N4O20. The summed E-state index contributed by atoms with van der Waals surface area (Å²) in [7, 11) is 9.66. The molecule has 2 saturated heterocycles. The van der Waals surface area contributed by atoms with Crippen molar-refractivity contribution in [3.05, 3.63) is 193 Å². The first-order valence-electron chi connectivity index (χ1n) is 43.0. The average Bonchev–Trinajstić information content (AvgIpc) is 1.49. The van der Waals surface area contributed by atoms with Gasteiger partial charge in [0.05, 0.1) is 111 Å². The van der Waals surface area contributed by atoms with E-state index in [1.165, 1.54) is 54.3 Å². The van der Waals surface area contributed by atoms with Crippen LogP contribution in [-0.4, -0.2) is 150 Å². The fraction of sp³-hybridized carbons (Fsp3) is 0.510. The zero-order valence-corrected chi connectivity index (χ0v) is 75.7. The maximum Gasteiger partial charge on any atom is 0.228 e. The van der Waals surface area contributed by atoms with Crippen LogP contribution in [0, 0.1) is 58.8 Å². The van der Waals surface area contributed by atoms with Gasteiger partial charge < -0.3 is 75.1 Å². The van der Waals surface area contributed by atoms with E-state index in [0.717, 1.165) is 84.7 Å².